The van der Waals surface area contributed by atoms with E-state index in [9.17, 15) is 4.79 Å². The standard InChI is InChI=1S/C13H23N3O/c1-5-13(3,4)12(17)16-8-6-15(7-9-16)11(2)10-14/h11H,5-9H2,1-4H3. The lowest BCUT2D eigenvalue weighted by Crippen LogP contribution is -2.53. The highest BCUT2D eigenvalue weighted by molar-refractivity contribution is 5.82. The maximum Gasteiger partial charge on any atom is 0.228 e. The summed E-state index contributed by atoms with van der Waals surface area (Å²) < 4.78 is 0. The van der Waals surface area contributed by atoms with Gasteiger partial charge in [-0.3, -0.25) is 9.69 Å². The monoisotopic (exact) mass is 237 g/mol. The molecule has 96 valence electrons. The van der Waals surface area contributed by atoms with Gasteiger partial charge in [0.2, 0.25) is 5.91 Å². The lowest BCUT2D eigenvalue weighted by Gasteiger charge is -2.39. The molecule has 1 aliphatic heterocycles. The molecule has 1 atom stereocenters. The van der Waals surface area contributed by atoms with E-state index in [1.54, 1.807) is 0 Å². The molecular formula is C13H23N3O. The summed E-state index contributed by atoms with van der Waals surface area (Å²) in [7, 11) is 0. The molecule has 1 aliphatic rings. The normalized spacial score (nSPS) is 19.8. The van der Waals surface area contributed by atoms with Crippen molar-refractivity contribution in [2.75, 3.05) is 26.2 Å². The molecule has 4 heteroatoms. The molecule has 0 spiro atoms. The Balaban J connectivity index is 2.53. The third kappa shape index (κ3) is 3.19. The van der Waals surface area contributed by atoms with Gasteiger partial charge in [-0.15, -0.1) is 0 Å². The number of carbonyl (C=O) groups is 1. The fourth-order valence-corrected chi connectivity index (χ4v) is 1.97. The van der Waals surface area contributed by atoms with E-state index in [4.69, 9.17) is 5.26 Å². The summed E-state index contributed by atoms with van der Waals surface area (Å²) in [5.74, 6) is 0.240. The van der Waals surface area contributed by atoms with E-state index in [2.05, 4.69) is 11.0 Å². The van der Waals surface area contributed by atoms with Gasteiger partial charge >= 0.3 is 0 Å². The van der Waals surface area contributed by atoms with Crippen LogP contribution in [0.4, 0.5) is 0 Å². The van der Waals surface area contributed by atoms with E-state index < -0.39 is 0 Å². The maximum absolute atomic E-state index is 12.2. The number of amides is 1. The highest BCUT2D eigenvalue weighted by atomic mass is 16.2. The van der Waals surface area contributed by atoms with E-state index >= 15 is 0 Å². The van der Waals surface area contributed by atoms with E-state index in [0.29, 0.717) is 0 Å². The quantitative estimate of drug-likeness (QED) is 0.747. The molecule has 1 rings (SSSR count). The summed E-state index contributed by atoms with van der Waals surface area (Å²) in [6.45, 7) is 11.1. The largest absolute Gasteiger partial charge is 0.340 e. The predicted molar refractivity (Wildman–Crippen MR) is 67.3 cm³/mol. The topological polar surface area (TPSA) is 47.3 Å². The minimum Gasteiger partial charge on any atom is -0.340 e. The fourth-order valence-electron chi connectivity index (χ4n) is 1.97. The average Bonchev–Trinajstić information content (AvgIpc) is 2.37. The lowest BCUT2D eigenvalue weighted by atomic mass is 9.88. The summed E-state index contributed by atoms with van der Waals surface area (Å²) in [6, 6.07) is 2.19. The van der Waals surface area contributed by atoms with Gasteiger partial charge in [0.05, 0.1) is 12.1 Å². The van der Waals surface area contributed by atoms with Crippen LogP contribution in [0.1, 0.15) is 34.1 Å². The zero-order valence-electron chi connectivity index (χ0n) is 11.4. The molecule has 1 amide bonds. The molecule has 0 aliphatic carbocycles. The molecule has 0 radical (unpaired) electrons. The van der Waals surface area contributed by atoms with Crippen LogP contribution in [0.5, 0.6) is 0 Å². The Kier molecular flexibility index (Phi) is 4.53. The van der Waals surface area contributed by atoms with Crippen LogP contribution < -0.4 is 0 Å². The Morgan fingerprint density at radius 1 is 1.35 bits per heavy atom. The smallest absolute Gasteiger partial charge is 0.228 e. The van der Waals surface area contributed by atoms with Gasteiger partial charge in [-0.2, -0.15) is 5.26 Å². The van der Waals surface area contributed by atoms with Gasteiger partial charge in [-0.05, 0) is 13.3 Å². The molecule has 1 saturated heterocycles. The number of carbonyl (C=O) groups excluding carboxylic acids is 1. The molecule has 0 aromatic carbocycles. The molecule has 17 heavy (non-hydrogen) atoms. The van der Waals surface area contributed by atoms with Crippen molar-refractivity contribution in [2.24, 2.45) is 5.41 Å². The van der Waals surface area contributed by atoms with Crippen molar-refractivity contribution < 1.29 is 4.79 Å². The number of nitrogens with zero attached hydrogens (tertiary/aromatic N) is 3. The van der Waals surface area contributed by atoms with E-state index in [1.165, 1.54) is 0 Å². The van der Waals surface area contributed by atoms with Gasteiger partial charge < -0.3 is 4.90 Å². The van der Waals surface area contributed by atoms with Crippen molar-refractivity contribution in [3.63, 3.8) is 0 Å². The van der Waals surface area contributed by atoms with Crippen LogP contribution in [-0.4, -0.2) is 47.9 Å². The summed E-state index contributed by atoms with van der Waals surface area (Å²) in [4.78, 5) is 16.3. The number of nitriles is 1. The van der Waals surface area contributed by atoms with Gasteiger partial charge in [-0.1, -0.05) is 20.8 Å². The van der Waals surface area contributed by atoms with Gasteiger partial charge in [0.25, 0.3) is 0 Å². The predicted octanol–water partition coefficient (Wildman–Crippen LogP) is 1.48. The fraction of sp³-hybridized carbons (Fsp3) is 0.846. The van der Waals surface area contributed by atoms with Crippen molar-refractivity contribution in [3.05, 3.63) is 0 Å². The summed E-state index contributed by atoms with van der Waals surface area (Å²) in [6.07, 6.45) is 0.862. The highest BCUT2D eigenvalue weighted by Gasteiger charge is 2.32. The van der Waals surface area contributed by atoms with Crippen LogP contribution in [0.15, 0.2) is 0 Å². The first-order chi connectivity index (χ1) is 7.92. The third-order valence-corrected chi connectivity index (χ3v) is 3.80. The first-order valence-electron chi connectivity index (χ1n) is 6.35. The Morgan fingerprint density at radius 2 is 1.88 bits per heavy atom. The molecule has 0 aromatic rings. The van der Waals surface area contributed by atoms with Crippen molar-refractivity contribution in [1.82, 2.24) is 9.80 Å². The summed E-state index contributed by atoms with van der Waals surface area (Å²) >= 11 is 0. The van der Waals surface area contributed by atoms with Crippen molar-refractivity contribution in [3.8, 4) is 6.07 Å². The van der Waals surface area contributed by atoms with E-state index in [1.807, 2.05) is 32.6 Å². The van der Waals surface area contributed by atoms with Gasteiger partial charge in [-0.25, -0.2) is 0 Å². The zero-order valence-corrected chi connectivity index (χ0v) is 11.4. The van der Waals surface area contributed by atoms with Gasteiger partial charge in [0.15, 0.2) is 0 Å². The van der Waals surface area contributed by atoms with E-state index in [-0.39, 0.29) is 17.4 Å². The Bertz CT molecular complexity index is 311. The molecule has 1 heterocycles. The second-order valence-electron chi connectivity index (χ2n) is 5.37. The average molecular weight is 237 g/mol. The summed E-state index contributed by atoms with van der Waals surface area (Å²) in [5, 5.41) is 8.86. The SMILES string of the molecule is CCC(C)(C)C(=O)N1CCN(C(C)C#N)CC1. The molecule has 0 saturated carbocycles. The lowest BCUT2D eigenvalue weighted by molar-refractivity contribution is -0.142. The molecule has 0 bridgehead atoms. The van der Waals surface area contributed by atoms with Crippen LogP contribution in [0.2, 0.25) is 0 Å². The van der Waals surface area contributed by atoms with E-state index in [0.717, 1.165) is 32.6 Å². The van der Waals surface area contributed by atoms with Crippen LogP contribution in [0.3, 0.4) is 0 Å². The van der Waals surface area contributed by atoms with Crippen LogP contribution in [0.25, 0.3) is 0 Å². The van der Waals surface area contributed by atoms with Crippen LogP contribution in [-0.2, 0) is 4.79 Å². The molecule has 1 unspecified atom stereocenters. The Labute approximate surface area is 104 Å². The second-order valence-corrected chi connectivity index (χ2v) is 5.37. The minimum atomic E-state index is -0.261. The summed E-state index contributed by atoms with van der Waals surface area (Å²) in [5.41, 5.74) is -0.261. The second kappa shape index (κ2) is 5.50. The molecule has 4 nitrogen and oxygen atoms in total. The van der Waals surface area contributed by atoms with Crippen molar-refractivity contribution in [2.45, 2.75) is 40.2 Å². The minimum absolute atomic E-state index is 0.0496. The van der Waals surface area contributed by atoms with Crippen molar-refractivity contribution >= 4 is 5.91 Å². The third-order valence-electron chi connectivity index (χ3n) is 3.80. The maximum atomic E-state index is 12.2. The Morgan fingerprint density at radius 3 is 2.29 bits per heavy atom. The number of piperazine rings is 1. The first-order valence-corrected chi connectivity index (χ1v) is 6.35. The molecule has 0 aromatic heterocycles. The molecule has 1 fully saturated rings. The first kappa shape index (κ1) is 14.0. The van der Waals surface area contributed by atoms with Crippen molar-refractivity contribution in [1.29, 1.82) is 5.26 Å². The van der Waals surface area contributed by atoms with Gasteiger partial charge in [0, 0.05) is 31.6 Å². The number of rotatable bonds is 3. The van der Waals surface area contributed by atoms with Crippen LogP contribution in [0, 0.1) is 16.7 Å². The number of hydrogen-bond donors (Lipinski definition) is 0. The molecule has 0 N–H and O–H groups in total. The van der Waals surface area contributed by atoms with Gasteiger partial charge in [0.1, 0.15) is 0 Å². The number of hydrogen-bond acceptors (Lipinski definition) is 3. The zero-order chi connectivity index (χ0) is 13.1. The Hall–Kier alpha value is -1.08. The van der Waals surface area contributed by atoms with Crippen LogP contribution >= 0.6 is 0 Å². The highest BCUT2D eigenvalue weighted by Crippen LogP contribution is 2.23. The molecular weight excluding hydrogens is 214 g/mol.